The van der Waals surface area contributed by atoms with Gasteiger partial charge in [-0.1, -0.05) is 12.1 Å². The first-order valence-electron chi connectivity index (χ1n) is 6.03. The molecule has 0 saturated carbocycles. The smallest absolute Gasteiger partial charge is 0.326 e. The van der Waals surface area contributed by atoms with E-state index in [0.717, 1.165) is 5.56 Å². The summed E-state index contributed by atoms with van der Waals surface area (Å²) in [5.41, 5.74) is 0.787. The van der Waals surface area contributed by atoms with Crippen LogP contribution in [0.2, 0.25) is 0 Å². The Kier molecular flexibility index (Phi) is 6.25. The number of amides is 1. The molecule has 0 aliphatic rings. The van der Waals surface area contributed by atoms with Gasteiger partial charge in [0, 0.05) is 19.1 Å². The number of carboxylic acids is 1. The number of rotatable bonds is 7. The molecule has 0 radical (unpaired) electrons. The predicted molar refractivity (Wildman–Crippen MR) is 73.3 cm³/mol. The number of benzene rings is 1. The molecule has 1 unspecified atom stereocenters. The Bertz CT molecular complexity index is 481. The maximum absolute atomic E-state index is 11.6. The van der Waals surface area contributed by atoms with Gasteiger partial charge in [0.15, 0.2) is 0 Å². The second kappa shape index (κ2) is 7.96. The highest BCUT2D eigenvalue weighted by molar-refractivity contribution is 5.94. The second-order valence-corrected chi connectivity index (χ2v) is 4.02. The molecule has 1 rings (SSSR count). The topological polar surface area (TPSA) is 95.9 Å². The molecule has 0 bridgehead atoms. The fourth-order valence-electron chi connectivity index (χ4n) is 1.49. The lowest BCUT2D eigenvalue weighted by Gasteiger charge is -2.11. The van der Waals surface area contributed by atoms with Crippen LogP contribution in [-0.4, -0.2) is 41.8 Å². The third-order valence-electron chi connectivity index (χ3n) is 2.58. The Hall–Kier alpha value is -2.34. The summed E-state index contributed by atoms with van der Waals surface area (Å²) >= 11 is 0. The number of hydrogen-bond acceptors (Lipinski definition) is 4. The summed E-state index contributed by atoms with van der Waals surface area (Å²) in [5, 5.41) is 19.8. The summed E-state index contributed by atoms with van der Waals surface area (Å²) in [6, 6.07) is 5.95. The molecule has 0 aliphatic carbocycles. The lowest BCUT2D eigenvalue weighted by molar-refractivity contribution is -0.141. The van der Waals surface area contributed by atoms with Crippen LogP contribution in [0.3, 0.4) is 0 Å². The van der Waals surface area contributed by atoms with Crippen molar-refractivity contribution >= 4 is 18.0 Å². The number of hydrogen-bond donors (Lipinski definition) is 3. The zero-order valence-electron chi connectivity index (χ0n) is 11.1. The van der Waals surface area contributed by atoms with Gasteiger partial charge in [0.25, 0.3) is 0 Å². The molecule has 6 heteroatoms. The normalized spacial score (nSPS) is 12.1. The molecular weight excluding hydrogens is 262 g/mol. The van der Waals surface area contributed by atoms with Gasteiger partial charge >= 0.3 is 5.97 Å². The summed E-state index contributed by atoms with van der Waals surface area (Å²) in [7, 11) is 1.56. The Morgan fingerprint density at radius 1 is 1.35 bits per heavy atom. The Labute approximate surface area is 116 Å². The van der Waals surface area contributed by atoms with E-state index in [1.807, 2.05) is 0 Å². The molecule has 3 N–H and O–H groups in total. The third kappa shape index (κ3) is 5.11. The quantitative estimate of drug-likeness (QED) is 0.637. The molecule has 0 fully saturated rings. The summed E-state index contributed by atoms with van der Waals surface area (Å²) in [5.74, 6) is -0.993. The lowest BCUT2D eigenvalue weighted by atomic mass is 10.2. The van der Waals surface area contributed by atoms with Crippen LogP contribution in [0.15, 0.2) is 30.3 Å². The standard InChI is InChI=1S/C14H17NO5/c1-20-11-5-2-10(3-6-11)4-7-13(17)15-12(8-9-16)14(18)19/h2-7,12,16H,8-9H2,1H3,(H,15,17)(H,18,19)/b7-4+. The maximum Gasteiger partial charge on any atom is 0.326 e. The predicted octanol–water partition coefficient (Wildman–Crippen LogP) is 0.660. The van der Waals surface area contributed by atoms with E-state index < -0.39 is 17.9 Å². The van der Waals surface area contributed by atoms with Crippen molar-refractivity contribution < 1.29 is 24.5 Å². The van der Waals surface area contributed by atoms with Crippen molar-refractivity contribution in [2.75, 3.05) is 13.7 Å². The first-order valence-corrected chi connectivity index (χ1v) is 6.03. The van der Waals surface area contributed by atoms with E-state index in [2.05, 4.69) is 5.32 Å². The van der Waals surface area contributed by atoms with Gasteiger partial charge < -0.3 is 20.3 Å². The van der Waals surface area contributed by atoms with Gasteiger partial charge in [0.05, 0.1) is 7.11 Å². The minimum atomic E-state index is -1.18. The molecule has 1 amide bonds. The van der Waals surface area contributed by atoms with Crippen LogP contribution < -0.4 is 10.1 Å². The summed E-state index contributed by atoms with van der Waals surface area (Å²) in [6.45, 7) is -0.306. The fraction of sp³-hybridized carbons (Fsp3) is 0.286. The average molecular weight is 279 g/mol. The minimum absolute atomic E-state index is 0.0303. The highest BCUT2D eigenvalue weighted by Crippen LogP contribution is 2.12. The van der Waals surface area contributed by atoms with Gasteiger partial charge in [-0.05, 0) is 23.8 Å². The number of methoxy groups -OCH3 is 1. The maximum atomic E-state index is 11.6. The molecule has 0 aromatic heterocycles. The zero-order valence-corrected chi connectivity index (χ0v) is 11.1. The highest BCUT2D eigenvalue weighted by atomic mass is 16.5. The van der Waals surface area contributed by atoms with Crippen molar-refractivity contribution in [2.45, 2.75) is 12.5 Å². The van der Waals surface area contributed by atoms with Gasteiger partial charge in [-0.25, -0.2) is 4.79 Å². The Morgan fingerprint density at radius 3 is 2.50 bits per heavy atom. The van der Waals surface area contributed by atoms with Crippen LogP contribution in [0.1, 0.15) is 12.0 Å². The van der Waals surface area contributed by atoms with Crippen LogP contribution >= 0.6 is 0 Å². The van der Waals surface area contributed by atoms with Gasteiger partial charge in [-0.2, -0.15) is 0 Å². The van der Waals surface area contributed by atoms with Crippen molar-refractivity contribution in [3.63, 3.8) is 0 Å². The SMILES string of the molecule is COc1ccc(/C=C/C(=O)NC(CCO)C(=O)O)cc1. The second-order valence-electron chi connectivity index (χ2n) is 4.02. The zero-order chi connectivity index (χ0) is 15.0. The van der Waals surface area contributed by atoms with Crippen molar-refractivity contribution in [1.82, 2.24) is 5.32 Å². The van der Waals surface area contributed by atoms with Gasteiger partial charge in [-0.3, -0.25) is 4.79 Å². The van der Waals surface area contributed by atoms with Crippen LogP contribution in [0, 0.1) is 0 Å². The van der Waals surface area contributed by atoms with E-state index in [1.54, 1.807) is 37.5 Å². The molecule has 108 valence electrons. The van der Waals surface area contributed by atoms with Gasteiger partial charge in [0.1, 0.15) is 11.8 Å². The highest BCUT2D eigenvalue weighted by Gasteiger charge is 2.17. The first-order chi connectivity index (χ1) is 9.56. The lowest BCUT2D eigenvalue weighted by Crippen LogP contribution is -2.40. The summed E-state index contributed by atoms with van der Waals surface area (Å²) in [4.78, 5) is 22.4. The van der Waals surface area contributed by atoms with Gasteiger partial charge in [0.2, 0.25) is 5.91 Å². The molecule has 0 saturated heterocycles. The number of aliphatic carboxylic acids is 1. The fourth-order valence-corrected chi connectivity index (χ4v) is 1.49. The number of aliphatic hydroxyl groups excluding tert-OH is 1. The number of carboxylic acid groups (broad SMARTS) is 1. The molecule has 0 aliphatic heterocycles. The van der Waals surface area contributed by atoms with Crippen molar-refractivity contribution in [3.8, 4) is 5.75 Å². The van der Waals surface area contributed by atoms with Crippen molar-refractivity contribution in [3.05, 3.63) is 35.9 Å². The number of aliphatic hydroxyl groups is 1. The largest absolute Gasteiger partial charge is 0.497 e. The van der Waals surface area contributed by atoms with E-state index >= 15 is 0 Å². The monoisotopic (exact) mass is 279 g/mol. The molecule has 0 spiro atoms. The van der Waals surface area contributed by atoms with Gasteiger partial charge in [-0.15, -0.1) is 0 Å². The van der Waals surface area contributed by atoms with Crippen LogP contribution in [0.5, 0.6) is 5.75 Å². The van der Waals surface area contributed by atoms with E-state index in [9.17, 15) is 9.59 Å². The van der Waals surface area contributed by atoms with Crippen LogP contribution in [-0.2, 0) is 9.59 Å². The minimum Gasteiger partial charge on any atom is -0.497 e. The molecule has 20 heavy (non-hydrogen) atoms. The van der Waals surface area contributed by atoms with E-state index in [0.29, 0.717) is 5.75 Å². The number of ether oxygens (including phenoxy) is 1. The number of carbonyl (C=O) groups excluding carboxylic acids is 1. The third-order valence-corrected chi connectivity index (χ3v) is 2.58. The summed E-state index contributed by atoms with van der Waals surface area (Å²) < 4.78 is 5.01. The molecule has 1 aromatic carbocycles. The van der Waals surface area contributed by atoms with Crippen molar-refractivity contribution in [1.29, 1.82) is 0 Å². The molecule has 6 nitrogen and oxygen atoms in total. The van der Waals surface area contributed by atoms with E-state index in [-0.39, 0.29) is 13.0 Å². The summed E-state index contributed by atoms with van der Waals surface area (Å²) in [6.07, 6.45) is 2.78. The Morgan fingerprint density at radius 2 is 2.00 bits per heavy atom. The molecule has 1 aromatic rings. The Balaban J connectivity index is 2.59. The average Bonchev–Trinajstić information content (AvgIpc) is 2.45. The van der Waals surface area contributed by atoms with E-state index in [1.165, 1.54) is 6.08 Å². The van der Waals surface area contributed by atoms with E-state index in [4.69, 9.17) is 14.9 Å². The first kappa shape index (κ1) is 15.7. The molecule has 0 heterocycles. The molecular formula is C14H17NO5. The van der Waals surface area contributed by atoms with Crippen molar-refractivity contribution in [2.24, 2.45) is 0 Å². The van der Waals surface area contributed by atoms with Crippen LogP contribution in [0.4, 0.5) is 0 Å². The molecule has 1 atom stereocenters. The van der Waals surface area contributed by atoms with Crippen LogP contribution in [0.25, 0.3) is 6.08 Å². The number of carbonyl (C=O) groups is 2. The number of nitrogens with one attached hydrogen (secondary N) is 1.